The van der Waals surface area contributed by atoms with Crippen molar-refractivity contribution in [3.05, 3.63) is 57.6 Å². The number of benzene rings is 2. The number of anilines is 2. The summed E-state index contributed by atoms with van der Waals surface area (Å²) in [5.74, 6) is 0. The van der Waals surface area contributed by atoms with E-state index in [4.69, 9.17) is 11.6 Å². The molecule has 6 nitrogen and oxygen atoms in total. The lowest BCUT2D eigenvalue weighted by Crippen LogP contribution is -2.23. The summed E-state index contributed by atoms with van der Waals surface area (Å²) < 4.78 is 60.9. The number of nitro benzene ring substituents is 1. The number of hydrogen-bond acceptors (Lipinski definition) is 5. The third kappa shape index (κ3) is 3.44. The molecule has 2 aromatic carbocycles. The number of sulfone groups is 1. The first kappa shape index (κ1) is 18.0. The second kappa shape index (κ2) is 6.29. The van der Waals surface area contributed by atoms with Gasteiger partial charge in [-0.25, -0.2) is 8.42 Å². The molecule has 11 heteroatoms. The maximum atomic E-state index is 12.6. The van der Waals surface area contributed by atoms with Gasteiger partial charge in [-0.1, -0.05) is 29.8 Å². The van der Waals surface area contributed by atoms with Crippen LogP contribution in [0, 0.1) is 10.1 Å². The number of nitrogens with zero attached hydrogens (tertiary/aromatic N) is 1. The highest BCUT2D eigenvalue weighted by atomic mass is 35.5. The van der Waals surface area contributed by atoms with Gasteiger partial charge >= 0.3 is 5.51 Å². The molecule has 0 fully saturated rings. The average molecular weight is 381 g/mol. The van der Waals surface area contributed by atoms with Crippen LogP contribution in [0.15, 0.2) is 47.4 Å². The Morgan fingerprint density at radius 3 is 2.21 bits per heavy atom. The van der Waals surface area contributed by atoms with E-state index in [9.17, 15) is 31.7 Å². The van der Waals surface area contributed by atoms with Gasteiger partial charge in [0.1, 0.15) is 10.6 Å². The van der Waals surface area contributed by atoms with Gasteiger partial charge in [0.2, 0.25) is 0 Å². The first-order chi connectivity index (χ1) is 11.0. The van der Waals surface area contributed by atoms with Crippen LogP contribution in [0.1, 0.15) is 0 Å². The number of para-hydroxylation sites is 1. The minimum Gasteiger partial charge on any atom is -0.350 e. The summed E-state index contributed by atoms with van der Waals surface area (Å²) in [7, 11) is -5.82. The number of alkyl halides is 3. The first-order valence-electron chi connectivity index (χ1n) is 6.15. The standard InChI is InChI=1S/C13H8ClF3N2O4S/c14-9-6-10(18-8-4-2-1-3-5-8)11(19(20)21)7-12(9)24(22,23)13(15,16)17/h1-7,18H. The molecule has 0 unspecified atom stereocenters. The van der Waals surface area contributed by atoms with Crippen molar-refractivity contribution in [1.82, 2.24) is 0 Å². The summed E-state index contributed by atoms with van der Waals surface area (Å²) in [6.07, 6.45) is 0. The molecular weight excluding hydrogens is 373 g/mol. The SMILES string of the molecule is O=[N+]([O-])c1cc(S(=O)(=O)C(F)(F)F)c(Cl)cc1Nc1ccccc1. The predicted octanol–water partition coefficient (Wildman–Crippen LogP) is 4.29. The van der Waals surface area contributed by atoms with Gasteiger partial charge < -0.3 is 5.32 Å². The molecule has 2 rings (SSSR count). The van der Waals surface area contributed by atoms with Crippen molar-refractivity contribution in [2.75, 3.05) is 5.32 Å². The van der Waals surface area contributed by atoms with Crippen molar-refractivity contribution in [1.29, 1.82) is 0 Å². The van der Waals surface area contributed by atoms with Crippen LogP contribution in [-0.2, 0) is 9.84 Å². The Kier molecular flexibility index (Phi) is 4.72. The van der Waals surface area contributed by atoms with E-state index in [0.717, 1.165) is 6.07 Å². The molecule has 0 aliphatic heterocycles. The van der Waals surface area contributed by atoms with E-state index >= 15 is 0 Å². The molecule has 0 radical (unpaired) electrons. The third-order valence-electron chi connectivity index (χ3n) is 2.89. The lowest BCUT2D eigenvalue weighted by molar-refractivity contribution is -0.384. The Hall–Kier alpha value is -2.33. The first-order valence-corrected chi connectivity index (χ1v) is 8.01. The highest BCUT2D eigenvalue weighted by Gasteiger charge is 2.48. The second-order valence-electron chi connectivity index (χ2n) is 4.50. The van der Waals surface area contributed by atoms with Crippen LogP contribution in [0.5, 0.6) is 0 Å². The number of halogens is 4. The maximum absolute atomic E-state index is 12.6. The van der Waals surface area contributed by atoms with Crippen LogP contribution in [0.3, 0.4) is 0 Å². The molecule has 0 saturated carbocycles. The Balaban J connectivity index is 2.61. The van der Waals surface area contributed by atoms with Crippen molar-refractivity contribution in [2.45, 2.75) is 10.4 Å². The van der Waals surface area contributed by atoms with Gasteiger partial charge in [-0.15, -0.1) is 0 Å². The molecule has 2 aromatic rings. The summed E-state index contributed by atoms with van der Waals surface area (Å²) in [5, 5.41) is 12.9. The van der Waals surface area contributed by atoms with E-state index in [1.54, 1.807) is 30.3 Å². The molecular formula is C13H8ClF3N2O4S. The number of nitrogens with one attached hydrogen (secondary N) is 1. The topological polar surface area (TPSA) is 89.3 Å². The van der Waals surface area contributed by atoms with Crippen molar-refractivity contribution >= 4 is 38.5 Å². The maximum Gasteiger partial charge on any atom is 0.501 e. The zero-order valence-corrected chi connectivity index (χ0v) is 13.1. The van der Waals surface area contributed by atoms with E-state index in [1.165, 1.54) is 0 Å². The lowest BCUT2D eigenvalue weighted by atomic mass is 10.2. The second-order valence-corrected chi connectivity index (χ2v) is 6.81. The smallest absolute Gasteiger partial charge is 0.350 e. The van der Waals surface area contributed by atoms with Crippen molar-refractivity contribution in [3.8, 4) is 0 Å². The number of nitro groups is 1. The van der Waals surface area contributed by atoms with Crippen molar-refractivity contribution in [2.24, 2.45) is 0 Å². The van der Waals surface area contributed by atoms with Gasteiger partial charge in [0.05, 0.1) is 9.95 Å². The molecule has 128 valence electrons. The van der Waals surface area contributed by atoms with Gasteiger partial charge in [0.25, 0.3) is 15.5 Å². The molecule has 0 aromatic heterocycles. The molecule has 0 amide bonds. The Labute approximate surface area is 138 Å². The van der Waals surface area contributed by atoms with Gasteiger partial charge in [-0.2, -0.15) is 13.2 Å². The highest BCUT2D eigenvalue weighted by Crippen LogP contribution is 2.40. The van der Waals surface area contributed by atoms with E-state index in [1.807, 2.05) is 0 Å². The van der Waals surface area contributed by atoms with Gasteiger partial charge in [-0.3, -0.25) is 10.1 Å². The van der Waals surface area contributed by atoms with E-state index < -0.39 is 35.9 Å². The van der Waals surface area contributed by atoms with Gasteiger partial charge in [0.15, 0.2) is 0 Å². The molecule has 0 aliphatic rings. The Bertz CT molecular complexity index is 886. The van der Waals surface area contributed by atoms with Crippen LogP contribution >= 0.6 is 11.6 Å². The number of rotatable bonds is 4. The summed E-state index contributed by atoms with van der Waals surface area (Å²) in [5.41, 5.74) is -6.31. The van der Waals surface area contributed by atoms with Crippen LogP contribution in [0.25, 0.3) is 0 Å². The minimum atomic E-state index is -5.82. The van der Waals surface area contributed by atoms with Gasteiger partial charge in [-0.05, 0) is 18.2 Å². The summed E-state index contributed by atoms with van der Waals surface area (Å²) in [6, 6.07) is 9.10. The molecule has 0 spiro atoms. The number of hydrogen-bond donors (Lipinski definition) is 1. The molecule has 0 saturated heterocycles. The van der Waals surface area contributed by atoms with E-state index in [2.05, 4.69) is 5.32 Å². The third-order valence-corrected chi connectivity index (χ3v) is 4.84. The van der Waals surface area contributed by atoms with E-state index in [0.29, 0.717) is 5.69 Å². The monoisotopic (exact) mass is 380 g/mol. The summed E-state index contributed by atoms with van der Waals surface area (Å²) in [6.45, 7) is 0. The molecule has 1 N–H and O–H groups in total. The van der Waals surface area contributed by atoms with E-state index in [-0.39, 0.29) is 11.8 Å². The fourth-order valence-electron chi connectivity index (χ4n) is 1.80. The van der Waals surface area contributed by atoms with Gasteiger partial charge in [0, 0.05) is 11.8 Å². The highest BCUT2D eigenvalue weighted by molar-refractivity contribution is 7.92. The molecule has 0 heterocycles. The largest absolute Gasteiger partial charge is 0.501 e. The minimum absolute atomic E-state index is 0.239. The lowest BCUT2D eigenvalue weighted by Gasteiger charge is -2.12. The fourth-order valence-corrected chi connectivity index (χ4v) is 3.10. The molecule has 0 atom stereocenters. The normalized spacial score (nSPS) is 12.0. The molecule has 24 heavy (non-hydrogen) atoms. The predicted molar refractivity (Wildman–Crippen MR) is 81.1 cm³/mol. The van der Waals surface area contributed by atoms with Crippen LogP contribution in [-0.4, -0.2) is 18.8 Å². The Morgan fingerprint density at radius 2 is 1.71 bits per heavy atom. The van der Waals surface area contributed by atoms with Crippen molar-refractivity contribution < 1.29 is 26.5 Å². The van der Waals surface area contributed by atoms with Crippen LogP contribution < -0.4 is 5.32 Å². The molecule has 0 bridgehead atoms. The van der Waals surface area contributed by atoms with Crippen LogP contribution in [0.2, 0.25) is 5.02 Å². The summed E-state index contributed by atoms with van der Waals surface area (Å²) >= 11 is 5.62. The van der Waals surface area contributed by atoms with Crippen LogP contribution in [0.4, 0.5) is 30.2 Å². The fraction of sp³-hybridized carbons (Fsp3) is 0.0769. The average Bonchev–Trinajstić information content (AvgIpc) is 2.46. The summed E-state index contributed by atoms with van der Waals surface area (Å²) in [4.78, 5) is 8.72. The van der Waals surface area contributed by atoms with Crippen molar-refractivity contribution in [3.63, 3.8) is 0 Å². The Morgan fingerprint density at radius 1 is 1.12 bits per heavy atom. The molecule has 0 aliphatic carbocycles. The zero-order chi connectivity index (χ0) is 18.1. The quantitative estimate of drug-likeness (QED) is 0.631. The zero-order valence-electron chi connectivity index (χ0n) is 11.5.